The molecular weight excluding hydrogens is 223 g/mol. The van der Waals surface area contributed by atoms with E-state index in [1.54, 1.807) is 0 Å². The van der Waals surface area contributed by atoms with Crippen molar-refractivity contribution in [3.63, 3.8) is 0 Å². The Bertz CT molecular complexity index is 344. The van der Waals surface area contributed by atoms with Crippen molar-refractivity contribution >= 4 is 11.6 Å². The largest absolute Gasteiger partial charge is 0.493 e. The van der Waals surface area contributed by atoms with Gasteiger partial charge in [0, 0.05) is 16.7 Å². The Hall–Kier alpha value is -1.00. The number of ether oxygens (including phenoxy) is 2. The Balaban J connectivity index is 3.28. The topological polar surface area (TPSA) is 38.7 Å². The van der Waals surface area contributed by atoms with Crippen molar-refractivity contribution in [1.29, 1.82) is 0 Å². The average molecular weight is 235 g/mol. The summed E-state index contributed by atoms with van der Waals surface area (Å²) in [5, 5.41) is 9.77. The summed E-state index contributed by atoms with van der Waals surface area (Å²) in [5.74, 6) is 0.666. The van der Waals surface area contributed by atoms with Crippen molar-refractivity contribution in [3.05, 3.63) is 22.7 Å². The molecule has 3 nitrogen and oxygen atoms in total. The van der Waals surface area contributed by atoms with Crippen LogP contribution in [0.4, 0.5) is 4.39 Å². The Labute approximate surface area is 92.4 Å². The zero-order chi connectivity index (χ0) is 11.4. The van der Waals surface area contributed by atoms with Crippen molar-refractivity contribution in [2.75, 3.05) is 20.9 Å². The fourth-order valence-corrected chi connectivity index (χ4v) is 1.51. The lowest BCUT2D eigenvalue weighted by Gasteiger charge is -2.15. The van der Waals surface area contributed by atoms with Gasteiger partial charge in [0.1, 0.15) is 12.8 Å². The van der Waals surface area contributed by atoms with Crippen LogP contribution in [0.15, 0.2) is 12.1 Å². The van der Waals surface area contributed by atoms with Crippen molar-refractivity contribution in [2.45, 2.75) is 6.10 Å². The van der Waals surface area contributed by atoms with Crippen molar-refractivity contribution in [2.24, 2.45) is 0 Å². The fraction of sp³-hybridized carbons (Fsp3) is 0.400. The number of hydrogen-bond acceptors (Lipinski definition) is 3. The van der Waals surface area contributed by atoms with Crippen molar-refractivity contribution in [3.8, 4) is 11.5 Å². The molecule has 84 valence electrons. The third-order valence-corrected chi connectivity index (χ3v) is 2.20. The lowest BCUT2D eigenvalue weighted by Crippen LogP contribution is -2.04. The number of benzene rings is 1. The normalized spacial score (nSPS) is 12.3. The summed E-state index contributed by atoms with van der Waals surface area (Å²) in [6.07, 6.45) is -1.26. The van der Waals surface area contributed by atoms with Gasteiger partial charge in [0.05, 0.1) is 14.2 Å². The van der Waals surface area contributed by atoms with E-state index in [1.165, 1.54) is 26.4 Å². The first-order valence-electron chi connectivity index (χ1n) is 4.29. The highest BCUT2D eigenvalue weighted by molar-refractivity contribution is 6.30. The van der Waals surface area contributed by atoms with Crippen molar-refractivity contribution < 1.29 is 19.0 Å². The first-order valence-corrected chi connectivity index (χ1v) is 4.67. The van der Waals surface area contributed by atoms with Crippen LogP contribution in [0.3, 0.4) is 0 Å². The number of alkyl halides is 1. The maximum absolute atomic E-state index is 12.4. The van der Waals surface area contributed by atoms with Gasteiger partial charge in [-0.05, 0) is 6.07 Å². The summed E-state index contributed by atoms with van der Waals surface area (Å²) in [7, 11) is 2.86. The highest BCUT2D eigenvalue weighted by Crippen LogP contribution is 2.37. The summed E-state index contributed by atoms with van der Waals surface area (Å²) >= 11 is 5.79. The van der Waals surface area contributed by atoms with Gasteiger partial charge in [-0.15, -0.1) is 0 Å². The van der Waals surface area contributed by atoms with Crippen LogP contribution in [0.2, 0.25) is 5.02 Å². The van der Waals surface area contributed by atoms with Gasteiger partial charge in [-0.3, -0.25) is 0 Å². The summed E-state index contributed by atoms with van der Waals surface area (Å²) in [6.45, 7) is -0.903. The monoisotopic (exact) mass is 234 g/mol. The van der Waals surface area contributed by atoms with Crippen LogP contribution >= 0.6 is 11.6 Å². The van der Waals surface area contributed by atoms with Crippen LogP contribution in [-0.2, 0) is 0 Å². The Morgan fingerprint density at radius 2 is 2.07 bits per heavy atom. The van der Waals surface area contributed by atoms with Crippen LogP contribution in [-0.4, -0.2) is 26.0 Å². The molecule has 0 saturated heterocycles. The Morgan fingerprint density at radius 3 is 2.53 bits per heavy atom. The van der Waals surface area contributed by atoms with E-state index in [9.17, 15) is 9.50 Å². The Kier molecular flexibility index (Phi) is 4.17. The van der Waals surface area contributed by atoms with Crippen LogP contribution in [0.5, 0.6) is 11.5 Å². The summed E-state index contributed by atoms with van der Waals surface area (Å²) < 4.78 is 22.4. The molecule has 1 unspecified atom stereocenters. The number of aliphatic hydroxyl groups excluding tert-OH is 1. The number of methoxy groups -OCH3 is 2. The molecule has 0 heterocycles. The van der Waals surface area contributed by atoms with Crippen LogP contribution in [0, 0.1) is 0 Å². The lowest BCUT2D eigenvalue weighted by molar-refractivity contribution is 0.138. The van der Waals surface area contributed by atoms with Gasteiger partial charge in [-0.25, -0.2) is 4.39 Å². The second kappa shape index (κ2) is 5.19. The SMILES string of the molecule is COc1cc(Cl)cc(C(O)CF)c1OC. The van der Waals surface area contributed by atoms with Crippen LogP contribution in [0.1, 0.15) is 11.7 Å². The van der Waals surface area contributed by atoms with Crippen molar-refractivity contribution in [1.82, 2.24) is 0 Å². The minimum Gasteiger partial charge on any atom is -0.493 e. The molecular formula is C10H12ClFO3. The van der Waals surface area contributed by atoms with Gasteiger partial charge in [0.25, 0.3) is 0 Å². The average Bonchev–Trinajstić information content (AvgIpc) is 2.26. The predicted molar refractivity (Wildman–Crippen MR) is 55.5 cm³/mol. The molecule has 0 aliphatic rings. The van der Waals surface area contributed by atoms with Gasteiger partial charge in [0.15, 0.2) is 11.5 Å². The molecule has 15 heavy (non-hydrogen) atoms. The predicted octanol–water partition coefficient (Wildman–Crippen LogP) is 2.36. The molecule has 0 aromatic heterocycles. The maximum Gasteiger partial charge on any atom is 0.166 e. The first kappa shape index (κ1) is 12.1. The molecule has 5 heteroatoms. The van der Waals surface area contributed by atoms with E-state index in [4.69, 9.17) is 21.1 Å². The van der Waals surface area contributed by atoms with E-state index in [2.05, 4.69) is 0 Å². The molecule has 0 spiro atoms. The minimum absolute atomic E-state index is 0.282. The number of halogens is 2. The summed E-state index contributed by atoms with van der Waals surface area (Å²) in [6, 6.07) is 2.99. The van der Waals surface area contributed by atoms with E-state index < -0.39 is 12.8 Å². The fourth-order valence-electron chi connectivity index (χ4n) is 1.29. The molecule has 0 bridgehead atoms. The molecule has 0 amide bonds. The minimum atomic E-state index is -1.26. The van der Waals surface area contributed by atoms with Gasteiger partial charge in [0.2, 0.25) is 0 Å². The number of hydrogen-bond donors (Lipinski definition) is 1. The Morgan fingerprint density at radius 1 is 1.40 bits per heavy atom. The second-order valence-electron chi connectivity index (χ2n) is 2.90. The standard InChI is InChI=1S/C10H12ClFO3/c1-14-9-4-6(11)3-7(8(13)5-12)10(9)15-2/h3-4,8,13H,5H2,1-2H3. The maximum atomic E-state index is 12.4. The van der Waals surface area contributed by atoms with Crippen LogP contribution < -0.4 is 9.47 Å². The van der Waals surface area contributed by atoms with Crippen LogP contribution in [0.25, 0.3) is 0 Å². The van der Waals surface area contributed by atoms with Gasteiger partial charge >= 0.3 is 0 Å². The molecule has 1 atom stereocenters. The summed E-state index contributed by atoms with van der Waals surface area (Å²) in [5.41, 5.74) is 0.282. The molecule has 0 aliphatic carbocycles. The van der Waals surface area contributed by atoms with E-state index >= 15 is 0 Å². The molecule has 1 aromatic rings. The highest BCUT2D eigenvalue weighted by Gasteiger charge is 2.18. The molecule has 1 N–H and O–H groups in total. The molecule has 0 aliphatic heterocycles. The first-order chi connectivity index (χ1) is 7.13. The van der Waals surface area contributed by atoms with E-state index in [0.29, 0.717) is 16.5 Å². The lowest BCUT2D eigenvalue weighted by atomic mass is 10.1. The molecule has 1 aromatic carbocycles. The van der Waals surface area contributed by atoms with E-state index in [0.717, 1.165) is 0 Å². The molecule has 0 radical (unpaired) electrons. The molecule has 1 rings (SSSR count). The zero-order valence-corrected chi connectivity index (χ0v) is 9.21. The number of aliphatic hydroxyl groups is 1. The van der Waals surface area contributed by atoms with Gasteiger partial charge in [-0.1, -0.05) is 11.6 Å². The van der Waals surface area contributed by atoms with E-state index in [-0.39, 0.29) is 5.56 Å². The summed E-state index contributed by atoms with van der Waals surface area (Å²) in [4.78, 5) is 0. The van der Waals surface area contributed by atoms with Gasteiger partial charge < -0.3 is 14.6 Å². The highest BCUT2D eigenvalue weighted by atomic mass is 35.5. The molecule has 0 saturated carbocycles. The molecule has 0 fully saturated rings. The second-order valence-corrected chi connectivity index (χ2v) is 3.34. The number of rotatable bonds is 4. The van der Waals surface area contributed by atoms with Gasteiger partial charge in [-0.2, -0.15) is 0 Å². The third kappa shape index (κ3) is 2.52. The smallest absolute Gasteiger partial charge is 0.166 e. The third-order valence-electron chi connectivity index (χ3n) is 1.98. The quantitative estimate of drug-likeness (QED) is 0.869. The zero-order valence-electron chi connectivity index (χ0n) is 8.46. The van der Waals surface area contributed by atoms with E-state index in [1.807, 2.05) is 0 Å².